The minimum absolute atomic E-state index is 0.0305. The first-order valence-corrected chi connectivity index (χ1v) is 7.41. The quantitative estimate of drug-likeness (QED) is 0.885. The first-order valence-electron chi connectivity index (χ1n) is 7.41. The molecule has 1 amide bonds. The number of hydrogen-bond acceptors (Lipinski definition) is 4. The summed E-state index contributed by atoms with van der Waals surface area (Å²) >= 11 is 0. The van der Waals surface area contributed by atoms with Gasteiger partial charge in [-0.3, -0.25) is 9.78 Å². The summed E-state index contributed by atoms with van der Waals surface area (Å²) in [6.45, 7) is 1.27. The molecule has 1 aromatic carbocycles. The molecule has 3 rings (SSSR count). The standard InChI is InChI=1S/C17H19N3O2/c21-17(20-14-6-8-18-9-7-14)16-10-15(11-19-16)22-12-13-4-2-1-3-5-13/h1-9,15-16,19H,10-12H2,(H,18,20,21)/t15-,16+/m1/s1. The van der Waals surface area contributed by atoms with Crippen LogP contribution in [0.2, 0.25) is 0 Å². The van der Waals surface area contributed by atoms with Crippen LogP contribution >= 0.6 is 0 Å². The lowest BCUT2D eigenvalue weighted by Gasteiger charge is -2.12. The topological polar surface area (TPSA) is 63.2 Å². The van der Waals surface area contributed by atoms with Crippen molar-refractivity contribution in [1.82, 2.24) is 10.3 Å². The number of nitrogens with zero attached hydrogens (tertiary/aromatic N) is 1. The molecule has 0 aliphatic carbocycles. The molecule has 2 N–H and O–H groups in total. The van der Waals surface area contributed by atoms with Crippen molar-refractivity contribution in [3.05, 3.63) is 60.4 Å². The van der Waals surface area contributed by atoms with Gasteiger partial charge in [-0.15, -0.1) is 0 Å². The third-order valence-corrected chi connectivity index (χ3v) is 3.68. The van der Waals surface area contributed by atoms with Gasteiger partial charge >= 0.3 is 0 Å². The number of carbonyl (C=O) groups excluding carboxylic acids is 1. The highest BCUT2D eigenvalue weighted by atomic mass is 16.5. The summed E-state index contributed by atoms with van der Waals surface area (Å²) in [5.74, 6) is -0.0305. The lowest BCUT2D eigenvalue weighted by atomic mass is 10.2. The van der Waals surface area contributed by atoms with E-state index in [4.69, 9.17) is 4.74 Å². The fraction of sp³-hybridized carbons (Fsp3) is 0.294. The van der Waals surface area contributed by atoms with Gasteiger partial charge in [0, 0.05) is 24.6 Å². The van der Waals surface area contributed by atoms with Crippen LogP contribution in [0.5, 0.6) is 0 Å². The molecular weight excluding hydrogens is 278 g/mol. The molecule has 5 heteroatoms. The minimum atomic E-state index is -0.214. The third-order valence-electron chi connectivity index (χ3n) is 3.68. The van der Waals surface area contributed by atoms with Gasteiger partial charge in [-0.25, -0.2) is 0 Å². The van der Waals surface area contributed by atoms with E-state index in [2.05, 4.69) is 15.6 Å². The van der Waals surface area contributed by atoms with E-state index in [1.807, 2.05) is 30.3 Å². The molecule has 0 radical (unpaired) electrons. The lowest BCUT2D eigenvalue weighted by molar-refractivity contribution is -0.118. The molecule has 0 spiro atoms. The number of amides is 1. The molecule has 1 aliphatic heterocycles. The highest BCUT2D eigenvalue weighted by Gasteiger charge is 2.29. The van der Waals surface area contributed by atoms with E-state index in [0.717, 1.165) is 11.3 Å². The van der Waals surface area contributed by atoms with Gasteiger partial charge in [-0.1, -0.05) is 30.3 Å². The summed E-state index contributed by atoms with van der Waals surface area (Å²) in [4.78, 5) is 16.1. The van der Waals surface area contributed by atoms with Gasteiger partial charge in [-0.2, -0.15) is 0 Å². The number of rotatable bonds is 5. The van der Waals surface area contributed by atoms with E-state index in [1.165, 1.54) is 0 Å². The maximum atomic E-state index is 12.2. The molecule has 0 bridgehead atoms. The van der Waals surface area contributed by atoms with Crippen LogP contribution in [0.25, 0.3) is 0 Å². The Morgan fingerprint density at radius 2 is 2.00 bits per heavy atom. The fourth-order valence-corrected chi connectivity index (χ4v) is 2.48. The van der Waals surface area contributed by atoms with Crippen molar-refractivity contribution in [2.75, 3.05) is 11.9 Å². The highest BCUT2D eigenvalue weighted by Crippen LogP contribution is 2.15. The second kappa shape index (κ2) is 7.15. The van der Waals surface area contributed by atoms with Gasteiger partial charge < -0.3 is 15.4 Å². The van der Waals surface area contributed by atoms with Crippen molar-refractivity contribution in [1.29, 1.82) is 0 Å². The van der Waals surface area contributed by atoms with E-state index < -0.39 is 0 Å². The summed E-state index contributed by atoms with van der Waals surface area (Å²) in [7, 11) is 0. The van der Waals surface area contributed by atoms with Gasteiger partial charge in [0.25, 0.3) is 0 Å². The van der Waals surface area contributed by atoms with Crippen molar-refractivity contribution >= 4 is 11.6 Å². The minimum Gasteiger partial charge on any atom is -0.372 e. The smallest absolute Gasteiger partial charge is 0.241 e. The van der Waals surface area contributed by atoms with Crippen LogP contribution in [-0.4, -0.2) is 29.6 Å². The number of pyridine rings is 1. The monoisotopic (exact) mass is 297 g/mol. The van der Waals surface area contributed by atoms with Gasteiger partial charge in [0.15, 0.2) is 0 Å². The van der Waals surface area contributed by atoms with Crippen molar-refractivity contribution in [2.45, 2.75) is 25.2 Å². The molecule has 0 unspecified atom stereocenters. The Kier molecular flexibility index (Phi) is 4.78. The van der Waals surface area contributed by atoms with Crippen molar-refractivity contribution < 1.29 is 9.53 Å². The Bertz CT molecular complexity index is 604. The number of ether oxygens (including phenoxy) is 1. The summed E-state index contributed by atoms with van der Waals surface area (Å²) in [6.07, 6.45) is 4.06. The first-order chi connectivity index (χ1) is 10.8. The van der Waals surface area contributed by atoms with Crippen molar-refractivity contribution in [2.24, 2.45) is 0 Å². The number of benzene rings is 1. The Labute approximate surface area is 129 Å². The molecule has 1 aromatic heterocycles. The number of nitrogens with one attached hydrogen (secondary N) is 2. The first kappa shape index (κ1) is 14.7. The molecule has 114 valence electrons. The van der Waals surface area contributed by atoms with Crippen LogP contribution in [-0.2, 0) is 16.1 Å². The lowest BCUT2D eigenvalue weighted by Crippen LogP contribution is -2.35. The average molecular weight is 297 g/mol. The maximum absolute atomic E-state index is 12.2. The largest absolute Gasteiger partial charge is 0.372 e. The molecular formula is C17H19N3O2. The molecule has 2 atom stereocenters. The summed E-state index contributed by atoms with van der Waals surface area (Å²) in [5.41, 5.74) is 1.91. The van der Waals surface area contributed by atoms with Crippen LogP contribution in [0.15, 0.2) is 54.9 Å². The zero-order chi connectivity index (χ0) is 15.2. The zero-order valence-electron chi connectivity index (χ0n) is 12.2. The number of hydrogen-bond donors (Lipinski definition) is 2. The number of carbonyl (C=O) groups is 1. The third kappa shape index (κ3) is 3.90. The molecule has 5 nitrogen and oxygen atoms in total. The van der Waals surface area contributed by atoms with Crippen LogP contribution < -0.4 is 10.6 Å². The molecule has 0 saturated carbocycles. The van der Waals surface area contributed by atoms with Gasteiger partial charge in [-0.05, 0) is 24.1 Å². The number of aromatic nitrogens is 1. The van der Waals surface area contributed by atoms with Crippen LogP contribution in [0.4, 0.5) is 5.69 Å². The maximum Gasteiger partial charge on any atom is 0.241 e. The fourth-order valence-electron chi connectivity index (χ4n) is 2.48. The van der Waals surface area contributed by atoms with Crippen LogP contribution in [0.1, 0.15) is 12.0 Å². The molecule has 1 saturated heterocycles. The van der Waals surface area contributed by atoms with E-state index in [-0.39, 0.29) is 18.1 Å². The normalized spacial score (nSPS) is 20.7. The van der Waals surface area contributed by atoms with Gasteiger partial charge in [0.2, 0.25) is 5.91 Å². The van der Waals surface area contributed by atoms with Crippen molar-refractivity contribution in [3.8, 4) is 0 Å². The average Bonchev–Trinajstić information content (AvgIpc) is 3.04. The molecule has 2 aromatic rings. The Balaban J connectivity index is 1.46. The highest BCUT2D eigenvalue weighted by molar-refractivity contribution is 5.95. The molecule has 1 fully saturated rings. The Hall–Kier alpha value is -2.24. The predicted molar refractivity (Wildman–Crippen MR) is 84.3 cm³/mol. The zero-order valence-corrected chi connectivity index (χ0v) is 12.2. The van der Waals surface area contributed by atoms with E-state index >= 15 is 0 Å². The van der Waals surface area contributed by atoms with Crippen LogP contribution in [0, 0.1) is 0 Å². The van der Waals surface area contributed by atoms with E-state index in [1.54, 1.807) is 24.5 Å². The Morgan fingerprint density at radius 3 is 2.77 bits per heavy atom. The predicted octanol–water partition coefficient (Wildman–Crippen LogP) is 1.97. The van der Waals surface area contributed by atoms with Gasteiger partial charge in [0.05, 0.1) is 18.8 Å². The number of anilines is 1. The summed E-state index contributed by atoms with van der Waals surface area (Å²) in [5, 5.41) is 6.09. The second-order valence-corrected chi connectivity index (χ2v) is 5.34. The summed E-state index contributed by atoms with van der Waals surface area (Å²) < 4.78 is 5.87. The summed E-state index contributed by atoms with van der Waals surface area (Å²) in [6, 6.07) is 13.4. The molecule has 1 aliphatic rings. The molecule has 2 heterocycles. The Morgan fingerprint density at radius 1 is 1.23 bits per heavy atom. The van der Waals surface area contributed by atoms with E-state index in [9.17, 15) is 4.79 Å². The molecule has 22 heavy (non-hydrogen) atoms. The second-order valence-electron chi connectivity index (χ2n) is 5.34. The van der Waals surface area contributed by atoms with Crippen LogP contribution in [0.3, 0.4) is 0 Å². The van der Waals surface area contributed by atoms with E-state index in [0.29, 0.717) is 19.6 Å². The van der Waals surface area contributed by atoms with Crippen molar-refractivity contribution in [3.63, 3.8) is 0 Å². The van der Waals surface area contributed by atoms with Gasteiger partial charge in [0.1, 0.15) is 0 Å². The SMILES string of the molecule is O=C(Nc1ccncc1)[C@@H]1C[C@@H](OCc2ccccc2)CN1.